The highest BCUT2D eigenvalue weighted by molar-refractivity contribution is 6.32. The number of rotatable bonds is 3. The minimum Gasteiger partial charge on any atom is -0.462 e. The summed E-state index contributed by atoms with van der Waals surface area (Å²) in [6, 6.07) is 0. The second-order valence-corrected chi connectivity index (χ2v) is 6.29. The van der Waals surface area contributed by atoms with Gasteiger partial charge in [0.25, 0.3) is 0 Å². The number of amides is 1. The van der Waals surface area contributed by atoms with Crippen LogP contribution in [0, 0.1) is 5.41 Å². The van der Waals surface area contributed by atoms with Crippen molar-refractivity contribution in [2.45, 2.75) is 33.6 Å². The van der Waals surface area contributed by atoms with Crippen molar-refractivity contribution in [1.82, 2.24) is 9.80 Å². The first kappa shape index (κ1) is 16.0. The molecule has 1 saturated heterocycles. The molecule has 0 aromatic carbocycles. The standard InChI is InChI=1S/C14H26N2O3/c1-14(2,3)6-5-7-15-8-10-16(11-9-15)12(17)13(18)19-4/h5-11H2,1-4H3. The van der Waals surface area contributed by atoms with Gasteiger partial charge in [0, 0.05) is 26.2 Å². The van der Waals surface area contributed by atoms with E-state index in [2.05, 4.69) is 30.4 Å². The van der Waals surface area contributed by atoms with Gasteiger partial charge >= 0.3 is 11.9 Å². The first-order chi connectivity index (χ1) is 8.83. The zero-order valence-corrected chi connectivity index (χ0v) is 12.6. The third-order valence-corrected chi connectivity index (χ3v) is 3.42. The number of carbonyl (C=O) groups is 2. The molecule has 5 heteroatoms. The van der Waals surface area contributed by atoms with E-state index >= 15 is 0 Å². The van der Waals surface area contributed by atoms with E-state index in [1.807, 2.05) is 0 Å². The highest BCUT2D eigenvalue weighted by atomic mass is 16.5. The molecule has 0 saturated carbocycles. The quantitative estimate of drug-likeness (QED) is 0.570. The lowest BCUT2D eigenvalue weighted by atomic mass is 9.90. The third kappa shape index (κ3) is 5.59. The zero-order valence-electron chi connectivity index (χ0n) is 12.6. The molecule has 0 aliphatic carbocycles. The summed E-state index contributed by atoms with van der Waals surface area (Å²) in [5.74, 6) is -1.28. The van der Waals surface area contributed by atoms with Gasteiger partial charge in [0.1, 0.15) is 0 Å². The summed E-state index contributed by atoms with van der Waals surface area (Å²) in [6.07, 6.45) is 2.38. The van der Waals surface area contributed by atoms with Gasteiger partial charge in [0.05, 0.1) is 7.11 Å². The number of methoxy groups -OCH3 is 1. The fraction of sp³-hybridized carbons (Fsp3) is 0.857. The van der Waals surface area contributed by atoms with Crippen molar-refractivity contribution in [3.8, 4) is 0 Å². The lowest BCUT2D eigenvalue weighted by Crippen LogP contribution is -2.50. The predicted octanol–water partition coefficient (Wildman–Crippen LogP) is 1.13. The fourth-order valence-electron chi connectivity index (χ4n) is 2.22. The fourth-order valence-corrected chi connectivity index (χ4v) is 2.22. The van der Waals surface area contributed by atoms with E-state index in [1.54, 1.807) is 4.90 Å². The van der Waals surface area contributed by atoms with Crippen LogP contribution in [0.15, 0.2) is 0 Å². The van der Waals surface area contributed by atoms with Crippen molar-refractivity contribution in [2.24, 2.45) is 5.41 Å². The van der Waals surface area contributed by atoms with Crippen LogP contribution in [-0.4, -0.2) is 61.5 Å². The lowest BCUT2D eigenvalue weighted by molar-refractivity contribution is -0.159. The Labute approximate surface area is 115 Å². The molecule has 0 bridgehead atoms. The predicted molar refractivity (Wildman–Crippen MR) is 73.7 cm³/mol. The van der Waals surface area contributed by atoms with E-state index in [0.29, 0.717) is 18.5 Å². The van der Waals surface area contributed by atoms with Crippen molar-refractivity contribution < 1.29 is 14.3 Å². The average molecular weight is 270 g/mol. The molecule has 0 atom stereocenters. The molecular formula is C14H26N2O3. The summed E-state index contributed by atoms with van der Waals surface area (Å²) < 4.78 is 4.45. The lowest BCUT2D eigenvalue weighted by Gasteiger charge is -2.34. The zero-order chi connectivity index (χ0) is 14.5. The Balaban J connectivity index is 2.26. The number of carbonyl (C=O) groups excluding carboxylic acids is 2. The van der Waals surface area contributed by atoms with Crippen molar-refractivity contribution in [3.63, 3.8) is 0 Å². The van der Waals surface area contributed by atoms with Crippen molar-refractivity contribution in [1.29, 1.82) is 0 Å². The first-order valence-electron chi connectivity index (χ1n) is 6.93. The summed E-state index contributed by atoms with van der Waals surface area (Å²) in [6.45, 7) is 10.7. The maximum Gasteiger partial charge on any atom is 0.396 e. The molecule has 1 amide bonds. The molecule has 19 heavy (non-hydrogen) atoms. The van der Waals surface area contributed by atoms with Gasteiger partial charge in [-0.3, -0.25) is 9.69 Å². The molecule has 1 fully saturated rings. The minimum atomic E-state index is -0.763. The summed E-state index contributed by atoms with van der Waals surface area (Å²) in [7, 11) is 1.24. The summed E-state index contributed by atoms with van der Waals surface area (Å²) in [5, 5.41) is 0. The van der Waals surface area contributed by atoms with Gasteiger partial charge in [0.2, 0.25) is 0 Å². The normalized spacial score (nSPS) is 17.4. The number of nitrogens with zero attached hydrogens (tertiary/aromatic N) is 2. The smallest absolute Gasteiger partial charge is 0.396 e. The van der Waals surface area contributed by atoms with Crippen LogP contribution >= 0.6 is 0 Å². The maximum atomic E-state index is 11.6. The van der Waals surface area contributed by atoms with Gasteiger partial charge in [-0.2, -0.15) is 0 Å². The molecule has 1 heterocycles. The summed E-state index contributed by atoms with van der Waals surface area (Å²) in [5.41, 5.74) is 0.378. The number of piperazine rings is 1. The molecule has 1 aliphatic heterocycles. The Morgan fingerprint density at radius 2 is 1.68 bits per heavy atom. The van der Waals surface area contributed by atoms with Crippen LogP contribution in [0.25, 0.3) is 0 Å². The highest BCUT2D eigenvalue weighted by Crippen LogP contribution is 2.20. The molecular weight excluding hydrogens is 244 g/mol. The monoisotopic (exact) mass is 270 g/mol. The molecule has 0 aromatic rings. The van der Waals surface area contributed by atoms with Crippen LogP contribution < -0.4 is 0 Å². The van der Waals surface area contributed by atoms with Crippen LogP contribution in [-0.2, 0) is 14.3 Å². The molecule has 0 radical (unpaired) electrons. The molecule has 1 aliphatic rings. The molecule has 1 rings (SSSR count). The Kier molecular flexibility index (Phi) is 5.79. The molecule has 0 N–H and O–H groups in total. The van der Waals surface area contributed by atoms with Gasteiger partial charge in [-0.25, -0.2) is 4.79 Å². The second kappa shape index (κ2) is 6.89. The molecule has 0 aromatic heterocycles. The summed E-state index contributed by atoms with van der Waals surface area (Å²) >= 11 is 0. The Hall–Kier alpha value is -1.10. The van der Waals surface area contributed by atoms with Crippen LogP contribution in [0.1, 0.15) is 33.6 Å². The SMILES string of the molecule is COC(=O)C(=O)N1CCN(CCCC(C)(C)C)CC1. The van der Waals surface area contributed by atoms with Crippen LogP contribution in [0.5, 0.6) is 0 Å². The Bertz CT molecular complexity index is 315. The number of esters is 1. The summed E-state index contributed by atoms with van der Waals surface area (Å²) in [4.78, 5) is 26.7. The number of hydrogen-bond donors (Lipinski definition) is 0. The van der Waals surface area contributed by atoms with Crippen LogP contribution in [0.4, 0.5) is 0 Å². The average Bonchev–Trinajstić information content (AvgIpc) is 2.36. The van der Waals surface area contributed by atoms with Crippen LogP contribution in [0.3, 0.4) is 0 Å². The van der Waals surface area contributed by atoms with Gasteiger partial charge < -0.3 is 9.64 Å². The number of hydrogen-bond acceptors (Lipinski definition) is 4. The van der Waals surface area contributed by atoms with Gasteiger partial charge in [-0.05, 0) is 24.8 Å². The Morgan fingerprint density at radius 3 is 2.16 bits per heavy atom. The van der Waals surface area contributed by atoms with E-state index in [1.165, 1.54) is 20.0 Å². The van der Waals surface area contributed by atoms with E-state index in [9.17, 15) is 9.59 Å². The highest BCUT2D eigenvalue weighted by Gasteiger charge is 2.26. The van der Waals surface area contributed by atoms with Crippen molar-refractivity contribution in [3.05, 3.63) is 0 Å². The van der Waals surface area contributed by atoms with Crippen molar-refractivity contribution >= 4 is 11.9 Å². The van der Waals surface area contributed by atoms with E-state index in [0.717, 1.165) is 19.6 Å². The molecule has 5 nitrogen and oxygen atoms in total. The maximum absolute atomic E-state index is 11.6. The minimum absolute atomic E-state index is 0.378. The van der Waals surface area contributed by atoms with E-state index in [4.69, 9.17) is 0 Å². The van der Waals surface area contributed by atoms with E-state index < -0.39 is 11.9 Å². The van der Waals surface area contributed by atoms with Gasteiger partial charge in [0.15, 0.2) is 0 Å². The molecule has 110 valence electrons. The van der Waals surface area contributed by atoms with Crippen molar-refractivity contribution in [2.75, 3.05) is 39.8 Å². The Morgan fingerprint density at radius 1 is 1.11 bits per heavy atom. The van der Waals surface area contributed by atoms with Gasteiger partial charge in [-0.15, -0.1) is 0 Å². The third-order valence-electron chi connectivity index (χ3n) is 3.42. The number of ether oxygens (including phenoxy) is 1. The van der Waals surface area contributed by atoms with E-state index in [-0.39, 0.29) is 0 Å². The first-order valence-corrected chi connectivity index (χ1v) is 6.93. The molecule has 0 unspecified atom stereocenters. The second-order valence-electron chi connectivity index (χ2n) is 6.29. The van der Waals surface area contributed by atoms with Crippen LogP contribution in [0.2, 0.25) is 0 Å². The topological polar surface area (TPSA) is 49.9 Å². The largest absolute Gasteiger partial charge is 0.462 e. The molecule has 0 spiro atoms. The van der Waals surface area contributed by atoms with Gasteiger partial charge in [-0.1, -0.05) is 20.8 Å².